The van der Waals surface area contributed by atoms with Crippen LogP contribution in [0.2, 0.25) is 0 Å². The maximum Gasteiger partial charge on any atom is 0.343 e. The summed E-state index contributed by atoms with van der Waals surface area (Å²) in [4.78, 5) is 38.8. The summed E-state index contributed by atoms with van der Waals surface area (Å²) in [5.74, 6) is -0.115. The van der Waals surface area contributed by atoms with Gasteiger partial charge < -0.3 is 14.5 Å². The van der Waals surface area contributed by atoms with E-state index >= 15 is 0 Å². The van der Waals surface area contributed by atoms with Crippen LogP contribution in [0.3, 0.4) is 0 Å². The Labute approximate surface area is 138 Å². The van der Waals surface area contributed by atoms with Gasteiger partial charge in [0, 0.05) is 17.7 Å². The lowest BCUT2D eigenvalue weighted by atomic mass is 9.81. The Morgan fingerprint density at radius 1 is 1.12 bits per heavy atom. The van der Waals surface area contributed by atoms with Gasteiger partial charge in [-0.15, -0.1) is 0 Å². The molecule has 6 heteroatoms. The van der Waals surface area contributed by atoms with Crippen LogP contribution in [0.5, 0.6) is 5.75 Å². The van der Waals surface area contributed by atoms with Crippen molar-refractivity contribution in [2.45, 2.75) is 18.8 Å². The average molecular weight is 327 g/mol. The number of rotatable bonds is 3. The van der Waals surface area contributed by atoms with Crippen LogP contribution >= 0.6 is 0 Å². The topological polar surface area (TPSA) is 85.5 Å². The molecule has 1 N–H and O–H groups in total. The Bertz CT molecular complexity index is 851. The minimum atomic E-state index is -0.746. The highest BCUT2D eigenvalue weighted by atomic mass is 16.5. The van der Waals surface area contributed by atoms with E-state index in [1.54, 1.807) is 7.11 Å². The van der Waals surface area contributed by atoms with Crippen LogP contribution in [0.15, 0.2) is 35.1 Å². The molecule has 0 fully saturated rings. The molecule has 0 amide bonds. The third-order valence-electron chi connectivity index (χ3n) is 4.30. The number of fused-ring (bicyclic) bond motifs is 1. The first-order chi connectivity index (χ1) is 11.5. The van der Waals surface area contributed by atoms with Crippen molar-refractivity contribution in [3.05, 3.63) is 63.1 Å². The first kappa shape index (κ1) is 16.0. The summed E-state index contributed by atoms with van der Waals surface area (Å²) in [6.45, 7) is 0. The van der Waals surface area contributed by atoms with Crippen molar-refractivity contribution in [3.63, 3.8) is 0 Å². The Balaban J connectivity index is 1.95. The van der Waals surface area contributed by atoms with Crippen molar-refractivity contribution in [3.8, 4) is 5.75 Å². The number of pyridine rings is 1. The average Bonchev–Trinajstić information content (AvgIpc) is 2.60. The van der Waals surface area contributed by atoms with Crippen molar-refractivity contribution < 1.29 is 19.1 Å². The third-order valence-corrected chi connectivity index (χ3v) is 4.30. The lowest BCUT2D eigenvalue weighted by Gasteiger charge is -2.24. The van der Waals surface area contributed by atoms with Gasteiger partial charge in [0.2, 0.25) is 0 Å². The number of aromatic amines is 1. The van der Waals surface area contributed by atoms with E-state index < -0.39 is 11.5 Å². The zero-order valence-electron chi connectivity index (χ0n) is 13.4. The molecule has 0 saturated heterocycles. The van der Waals surface area contributed by atoms with E-state index in [-0.39, 0.29) is 17.3 Å². The van der Waals surface area contributed by atoms with Crippen LogP contribution in [0, 0.1) is 0 Å². The zero-order valence-corrected chi connectivity index (χ0v) is 13.4. The summed E-state index contributed by atoms with van der Waals surface area (Å²) < 4.78 is 9.71. The molecule has 0 spiro atoms. The number of benzene rings is 1. The van der Waals surface area contributed by atoms with Gasteiger partial charge in [0.15, 0.2) is 5.78 Å². The van der Waals surface area contributed by atoms with Crippen molar-refractivity contribution in [2.24, 2.45) is 0 Å². The van der Waals surface area contributed by atoms with E-state index in [1.165, 1.54) is 13.2 Å². The van der Waals surface area contributed by atoms with E-state index in [0.717, 1.165) is 11.3 Å². The number of carbonyl (C=O) groups excluding carboxylic acids is 2. The molecular formula is C18H17NO5. The van der Waals surface area contributed by atoms with E-state index in [9.17, 15) is 14.4 Å². The molecule has 2 aromatic rings. The quantitative estimate of drug-likeness (QED) is 0.873. The van der Waals surface area contributed by atoms with Gasteiger partial charge in [-0.1, -0.05) is 12.1 Å². The summed E-state index contributed by atoms with van der Waals surface area (Å²) in [7, 11) is 2.79. The molecule has 1 aliphatic rings. The lowest BCUT2D eigenvalue weighted by molar-refractivity contribution is 0.0598. The molecule has 0 radical (unpaired) electrons. The number of ketones is 1. The Morgan fingerprint density at radius 3 is 2.46 bits per heavy atom. The second-order valence-electron chi connectivity index (χ2n) is 5.70. The second-order valence-corrected chi connectivity index (χ2v) is 5.70. The number of hydrogen-bond donors (Lipinski definition) is 1. The predicted octanol–water partition coefficient (Wildman–Crippen LogP) is 2.08. The molecule has 0 bridgehead atoms. The van der Waals surface area contributed by atoms with Crippen molar-refractivity contribution in [2.75, 3.05) is 14.2 Å². The van der Waals surface area contributed by atoms with Crippen LogP contribution in [-0.2, 0) is 11.2 Å². The maximum atomic E-state index is 12.5. The number of Topliss-reactive ketones (excluding diaryl/α,β-unsaturated/α-hetero) is 1. The van der Waals surface area contributed by atoms with E-state index in [1.807, 2.05) is 24.3 Å². The number of carbonyl (C=O) groups is 2. The van der Waals surface area contributed by atoms with Gasteiger partial charge in [0.25, 0.3) is 5.56 Å². The fourth-order valence-electron chi connectivity index (χ4n) is 3.00. The van der Waals surface area contributed by atoms with Crippen LogP contribution in [0.4, 0.5) is 0 Å². The summed E-state index contributed by atoms with van der Waals surface area (Å²) >= 11 is 0. The van der Waals surface area contributed by atoms with Crippen molar-refractivity contribution in [1.82, 2.24) is 4.98 Å². The smallest absolute Gasteiger partial charge is 0.343 e. The first-order valence-electron chi connectivity index (χ1n) is 7.55. The van der Waals surface area contributed by atoms with Gasteiger partial charge >= 0.3 is 5.97 Å². The number of aromatic nitrogens is 1. The lowest BCUT2D eigenvalue weighted by Crippen LogP contribution is -2.27. The highest BCUT2D eigenvalue weighted by molar-refractivity contribution is 6.01. The van der Waals surface area contributed by atoms with Crippen molar-refractivity contribution >= 4 is 11.8 Å². The van der Waals surface area contributed by atoms with Crippen LogP contribution in [-0.4, -0.2) is 31.0 Å². The van der Waals surface area contributed by atoms with E-state index in [2.05, 4.69) is 9.72 Å². The molecular weight excluding hydrogens is 310 g/mol. The molecule has 1 aromatic carbocycles. The molecule has 1 aromatic heterocycles. The minimum absolute atomic E-state index is 0.0180. The molecule has 24 heavy (non-hydrogen) atoms. The number of H-pyrrole nitrogens is 1. The normalized spacial score (nSPS) is 16.4. The van der Waals surface area contributed by atoms with E-state index in [4.69, 9.17) is 4.74 Å². The van der Waals surface area contributed by atoms with Gasteiger partial charge in [-0.2, -0.15) is 0 Å². The summed E-state index contributed by atoms with van der Waals surface area (Å²) in [5.41, 5.74) is 1.27. The molecule has 124 valence electrons. The maximum absolute atomic E-state index is 12.5. The number of esters is 1. The second kappa shape index (κ2) is 6.31. The van der Waals surface area contributed by atoms with Gasteiger partial charge in [-0.05, 0) is 36.1 Å². The fraction of sp³-hybridized carbons (Fsp3) is 0.278. The van der Waals surface area contributed by atoms with Gasteiger partial charge in [-0.3, -0.25) is 9.59 Å². The Hall–Kier alpha value is -2.89. The molecule has 3 rings (SSSR count). The molecule has 1 heterocycles. The van der Waals surface area contributed by atoms with Gasteiger partial charge in [0.1, 0.15) is 11.3 Å². The minimum Gasteiger partial charge on any atom is -0.497 e. The summed E-state index contributed by atoms with van der Waals surface area (Å²) in [5, 5.41) is 0. The fourth-order valence-corrected chi connectivity index (χ4v) is 3.00. The molecule has 1 unspecified atom stereocenters. The van der Waals surface area contributed by atoms with Crippen LogP contribution < -0.4 is 10.3 Å². The number of nitrogens with one attached hydrogen (secondary N) is 1. The molecule has 1 atom stereocenters. The largest absolute Gasteiger partial charge is 0.497 e. The summed E-state index contributed by atoms with van der Waals surface area (Å²) in [6, 6.07) is 8.87. The van der Waals surface area contributed by atoms with Crippen LogP contribution in [0.25, 0.3) is 0 Å². The van der Waals surface area contributed by atoms with Crippen molar-refractivity contribution in [1.29, 1.82) is 0 Å². The molecule has 6 nitrogen and oxygen atoms in total. The van der Waals surface area contributed by atoms with Gasteiger partial charge in [-0.25, -0.2) is 4.79 Å². The first-order valence-corrected chi connectivity index (χ1v) is 7.55. The number of ether oxygens (including phenoxy) is 2. The summed E-state index contributed by atoms with van der Waals surface area (Å²) in [6.07, 6.45) is 0.857. The van der Waals surface area contributed by atoms with Gasteiger partial charge in [0.05, 0.1) is 14.2 Å². The highest BCUT2D eigenvalue weighted by Crippen LogP contribution is 2.32. The monoisotopic (exact) mass is 327 g/mol. The third kappa shape index (κ3) is 2.82. The Morgan fingerprint density at radius 2 is 1.83 bits per heavy atom. The van der Waals surface area contributed by atoms with E-state index in [0.29, 0.717) is 24.1 Å². The zero-order chi connectivity index (χ0) is 17.3. The predicted molar refractivity (Wildman–Crippen MR) is 86.8 cm³/mol. The standard InChI is InChI=1S/C18H17NO5/c1-23-12-5-3-10(4-6-12)11-7-15-13(16(20)8-11)9-14(17(21)19-15)18(22)24-2/h3-6,9,11H,7-8H2,1-2H3,(H,19,21). The molecule has 0 saturated carbocycles. The molecule has 1 aliphatic carbocycles. The molecule has 0 aliphatic heterocycles. The Kier molecular flexibility index (Phi) is 4.20. The van der Waals surface area contributed by atoms with Crippen LogP contribution in [0.1, 0.15) is 44.3 Å². The number of hydrogen-bond acceptors (Lipinski definition) is 5. The SMILES string of the molecule is COC(=O)c1cc2c([nH]c1=O)CC(c1ccc(OC)cc1)CC2=O. The highest BCUT2D eigenvalue weighted by Gasteiger charge is 2.29. The number of methoxy groups -OCH3 is 2.